The van der Waals surface area contributed by atoms with Crippen molar-refractivity contribution < 1.29 is 27.9 Å². The summed E-state index contributed by atoms with van der Waals surface area (Å²) in [7, 11) is 0. The van der Waals surface area contributed by atoms with Crippen LogP contribution in [0.1, 0.15) is 36.4 Å². The largest absolute Gasteiger partial charge is 0.481 e. The number of aryl methyl sites for hydroxylation is 1. The van der Waals surface area contributed by atoms with E-state index in [0.29, 0.717) is 24.0 Å². The number of halogens is 3. The number of carboxylic acid groups (broad SMARTS) is 1. The van der Waals surface area contributed by atoms with E-state index in [1.165, 1.54) is 30.3 Å². The van der Waals surface area contributed by atoms with Crippen molar-refractivity contribution in [3.8, 4) is 0 Å². The summed E-state index contributed by atoms with van der Waals surface area (Å²) >= 11 is 0. The Kier molecular flexibility index (Phi) is 6.77. The molecular weight excluding hydrogens is 347 g/mol. The lowest BCUT2D eigenvalue weighted by Gasteiger charge is -2.17. The van der Waals surface area contributed by atoms with E-state index in [0.717, 1.165) is 12.1 Å². The number of carboxylic acids is 1. The highest BCUT2D eigenvalue weighted by Gasteiger charge is 2.18. The Morgan fingerprint density at radius 1 is 1.04 bits per heavy atom. The molecule has 0 spiro atoms. The number of rotatable bonds is 8. The second-order valence-electron chi connectivity index (χ2n) is 5.87. The van der Waals surface area contributed by atoms with E-state index in [2.05, 4.69) is 5.32 Å². The molecule has 0 heterocycles. The molecule has 0 radical (unpaired) electrons. The number of carbonyl (C=O) groups is 2. The van der Waals surface area contributed by atoms with Gasteiger partial charge in [0.1, 0.15) is 5.82 Å². The van der Waals surface area contributed by atoms with Crippen LogP contribution in [0.3, 0.4) is 0 Å². The van der Waals surface area contributed by atoms with E-state index in [1.807, 2.05) is 0 Å². The molecule has 0 saturated carbocycles. The molecule has 2 N–H and O–H groups in total. The zero-order valence-corrected chi connectivity index (χ0v) is 13.8. The third-order valence-electron chi connectivity index (χ3n) is 3.82. The second kappa shape index (κ2) is 9.03. The number of amides is 1. The minimum Gasteiger partial charge on any atom is -0.481 e. The van der Waals surface area contributed by atoms with Crippen molar-refractivity contribution in [1.29, 1.82) is 0 Å². The quantitative estimate of drug-likeness (QED) is 0.749. The Morgan fingerprint density at radius 2 is 1.81 bits per heavy atom. The fourth-order valence-corrected chi connectivity index (χ4v) is 2.56. The van der Waals surface area contributed by atoms with E-state index >= 15 is 0 Å². The van der Waals surface area contributed by atoms with Crippen LogP contribution in [0.15, 0.2) is 42.5 Å². The maximum absolute atomic E-state index is 13.3. The Hall–Kier alpha value is -2.83. The van der Waals surface area contributed by atoms with Gasteiger partial charge in [0.15, 0.2) is 11.6 Å². The molecule has 1 atom stereocenters. The third-order valence-corrected chi connectivity index (χ3v) is 3.82. The summed E-state index contributed by atoms with van der Waals surface area (Å²) < 4.78 is 39.3. The van der Waals surface area contributed by atoms with Crippen LogP contribution in [-0.2, 0) is 16.0 Å². The lowest BCUT2D eigenvalue weighted by atomic mass is 10.0. The summed E-state index contributed by atoms with van der Waals surface area (Å²) in [5.74, 6) is -3.92. The molecular formula is C19H18F3NO3. The van der Waals surface area contributed by atoms with Gasteiger partial charge in [0.2, 0.25) is 5.91 Å². The summed E-state index contributed by atoms with van der Waals surface area (Å²) in [6.07, 6.45) is 0.441. The molecule has 0 aliphatic heterocycles. The Bertz CT molecular complexity index is 795. The van der Waals surface area contributed by atoms with Gasteiger partial charge in [0.25, 0.3) is 0 Å². The molecule has 1 amide bonds. The van der Waals surface area contributed by atoms with Gasteiger partial charge in [0, 0.05) is 6.42 Å². The van der Waals surface area contributed by atoms with E-state index in [-0.39, 0.29) is 12.8 Å². The lowest BCUT2D eigenvalue weighted by molar-refractivity contribution is -0.137. The molecule has 4 nitrogen and oxygen atoms in total. The Balaban J connectivity index is 1.92. The average molecular weight is 365 g/mol. The number of aliphatic carboxylic acids is 1. The fraction of sp³-hybridized carbons (Fsp3) is 0.263. The van der Waals surface area contributed by atoms with E-state index < -0.39 is 35.4 Å². The number of hydrogen-bond acceptors (Lipinski definition) is 2. The van der Waals surface area contributed by atoms with Crippen LogP contribution in [0.4, 0.5) is 13.2 Å². The molecule has 0 aliphatic carbocycles. The normalized spacial score (nSPS) is 11.8. The summed E-state index contributed by atoms with van der Waals surface area (Å²) in [6.45, 7) is 0. The van der Waals surface area contributed by atoms with Gasteiger partial charge in [-0.2, -0.15) is 0 Å². The topological polar surface area (TPSA) is 66.4 Å². The van der Waals surface area contributed by atoms with Gasteiger partial charge in [-0.05, 0) is 48.2 Å². The maximum atomic E-state index is 13.3. The number of carbonyl (C=O) groups excluding carboxylic acids is 1. The van der Waals surface area contributed by atoms with Crippen LogP contribution in [0.25, 0.3) is 0 Å². The molecule has 2 aromatic carbocycles. The third kappa shape index (κ3) is 5.91. The fourth-order valence-electron chi connectivity index (χ4n) is 2.56. The van der Waals surface area contributed by atoms with Crippen molar-refractivity contribution in [2.75, 3.05) is 0 Å². The van der Waals surface area contributed by atoms with Gasteiger partial charge in [-0.15, -0.1) is 0 Å². The Morgan fingerprint density at radius 3 is 2.46 bits per heavy atom. The zero-order valence-electron chi connectivity index (χ0n) is 13.8. The van der Waals surface area contributed by atoms with Crippen molar-refractivity contribution in [3.63, 3.8) is 0 Å². The first kappa shape index (κ1) is 19.5. The molecule has 0 aliphatic rings. The lowest BCUT2D eigenvalue weighted by Crippen LogP contribution is -2.30. The molecule has 0 aromatic heterocycles. The summed E-state index contributed by atoms with van der Waals surface area (Å²) in [5.41, 5.74) is 0.922. The monoisotopic (exact) mass is 365 g/mol. The van der Waals surface area contributed by atoms with Gasteiger partial charge in [-0.3, -0.25) is 9.59 Å². The van der Waals surface area contributed by atoms with E-state index in [4.69, 9.17) is 5.11 Å². The van der Waals surface area contributed by atoms with Crippen LogP contribution in [0, 0.1) is 17.5 Å². The molecule has 0 saturated heterocycles. The second-order valence-corrected chi connectivity index (χ2v) is 5.87. The number of benzene rings is 2. The molecule has 7 heteroatoms. The molecule has 2 aromatic rings. The molecule has 0 bridgehead atoms. The predicted molar refractivity (Wildman–Crippen MR) is 88.8 cm³/mol. The maximum Gasteiger partial charge on any atom is 0.305 e. The number of nitrogens with one attached hydrogen (secondary N) is 1. The van der Waals surface area contributed by atoms with Crippen molar-refractivity contribution in [2.45, 2.75) is 31.7 Å². The van der Waals surface area contributed by atoms with Gasteiger partial charge in [-0.25, -0.2) is 13.2 Å². The molecule has 2 rings (SSSR count). The summed E-state index contributed by atoms with van der Waals surface area (Å²) in [4.78, 5) is 23.1. The first-order chi connectivity index (χ1) is 12.3. The van der Waals surface area contributed by atoms with Crippen LogP contribution in [0.5, 0.6) is 0 Å². The minimum absolute atomic E-state index is 0.0738. The average Bonchev–Trinajstić information content (AvgIpc) is 2.57. The first-order valence-electron chi connectivity index (χ1n) is 8.05. The highest BCUT2D eigenvalue weighted by atomic mass is 19.2. The van der Waals surface area contributed by atoms with Crippen LogP contribution in [-0.4, -0.2) is 17.0 Å². The SMILES string of the molecule is O=C(O)CC(NC(=O)CCCc1ccc(F)c(F)c1)c1cccc(F)c1. The minimum atomic E-state index is -1.12. The zero-order chi connectivity index (χ0) is 19.1. The van der Waals surface area contributed by atoms with Gasteiger partial charge in [0.05, 0.1) is 12.5 Å². The molecule has 0 fully saturated rings. The highest BCUT2D eigenvalue weighted by Crippen LogP contribution is 2.18. The highest BCUT2D eigenvalue weighted by molar-refractivity contribution is 5.77. The predicted octanol–water partition coefficient (Wildman–Crippen LogP) is 3.76. The smallest absolute Gasteiger partial charge is 0.305 e. The van der Waals surface area contributed by atoms with Crippen LogP contribution in [0.2, 0.25) is 0 Å². The first-order valence-corrected chi connectivity index (χ1v) is 8.05. The van der Waals surface area contributed by atoms with E-state index in [1.54, 1.807) is 0 Å². The van der Waals surface area contributed by atoms with E-state index in [9.17, 15) is 22.8 Å². The molecule has 1 unspecified atom stereocenters. The standard InChI is InChI=1S/C19H18F3NO3/c20-14-5-2-4-13(10-14)17(11-19(25)26)23-18(24)6-1-3-12-7-8-15(21)16(22)9-12/h2,4-5,7-10,17H,1,3,6,11H2,(H,23,24)(H,25,26). The molecule has 26 heavy (non-hydrogen) atoms. The summed E-state index contributed by atoms with van der Waals surface area (Å²) in [5, 5.41) is 11.6. The summed E-state index contributed by atoms with van der Waals surface area (Å²) in [6, 6.07) is 8.08. The van der Waals surface area contributed by atoms with Gasteiger partial charge in [-0.1, -0.05) is 18.2 Å². The van der Waals surface area contributed by atoms with Crippen molar-refractivity contribution in [1.82, 2.24) is 5.32 Å². The van der Waals surface area contributed by atoms with Crippen molar-refractivity contribution in [3.05, 3.63) is 71.0 Å². The van der Waals surface area contributed by atoms with Crippen molar-refractivity contribution in [2.24, 2.45) is 0 Å². The number of hydrogen-bond donors (Lipinski definition) is 2. The molecule has 138 valence electrons. The Labute approximate surface area is 148 Å². The van der Waals surface area contributed by atoms with Crippen LogP contribution >= 0.6 is 0 Å². The van der Waals surface area contributed by atoms with Crippen LogP contribution < -0.4 is 5.32 Å². The van der Waals surface area contributed by atoms with Gasteiger partial charge >= 0.3 is 5.97 Å². The van der Waals surface area contributed by atoms with Gasteiger partial charge < -0.3 is 10.4 Å². The van der Waals surface area contributed by atoms with Crippen molar-refractivity contribution >= 4 is 11.9 Å².